The van der Waals surface area contributed by atoms with E-state index in [1.54, 1.807) is 0 Å². The fourth-order valence-electron chi connectivity index (χ4n) is 3.32. The smallest absolute Gasteiger partial charge is 0.193 e. The zero-order valence-electron chi connectivity index (χ0n) is 16.0. The number of halogens is 1. The van der Waals surface area contributed by atoms with Gasteiger partial charge in [-0.25, -0.2) is 0 Å². The standard InChI is InChI=1S/C21H27ClN4O/c1-23-21(25(2)16-17-6-5-8-19(22)14-17)24-15-18-7-3-4-9-20(18)26-10-12-27-13-11-26/h3-9,14H,10-13,15-16H2,1-2H3,(H,23,24). The molecule has 0 unspecified atom stereocenters. The number of nitrogens with zero attached hydrogens (tertiary/aromatic N) is 3. The summed E-state index contributed by atoms with van der Waals surface area (Å²) < 4.78 is 5.48. The van der Waals surface area contributed by atoms with E-state index < -0.39 is 0 Å². The molecule has 144 valence electrons. The van der Waals surface area contributed by atoms with Crippen molar-refractivity contribution in [1.29, 1.82) is 0 Å². The molecule has 1 aliphatic rings. The van der Waals surface area contributed by atoms with Crippen LogP contribution in [0.4, 0.5) is 5.69 Å². The van der Waals surface area contributed by atoms with Crippen molar-refractivity contribution in [2.45, 2.75) is 13.1 Å². The van der Waals surface area contributed by atoms with E-state index in [2.05, 4.69) is 50.4 Å². The number of guanidine groups is 1. The van der Waals surface area contributed by atoms with Crippen LogP contribution in [0, 0.1) is 0 Å². The zero-order valence-corrected chi connectivity index (χ0v) is 16.7. The molecule has 3 rings (SSSR count). The Morgan fingerprint density at radius 1 is 1.19 bits per heavy atom. The summed E-state index contributed by atoms with van der Waals surface area (Å²) in [6.45, 7) is 4.89. The lowest BCUT2D eigenvalue weighted by atomic mass is 10.1. The molecule has 0 atom stereocenters. The minimum atomic E-state index is 0.722. The van der Waals surface area contributed by atoms with Crippen molar-refractivity contribution in [2.75, 3.05) is 45.3 Å². The van der Waals surface area contributed by atoms with Gasteiger partial charge >= 0.3 is 0 Å². The van der Waals surface area contributed by atoms with E-state index in [9.17, 15) is 0 Å². The largest absolute Gasteiger partial charge is 0.378 e. The zero-order chi connectivity index (χ0) is 19.1. The third-order valence-electron chi connectivity index (χ3n) is 4.66. The molecule has 0 radical (unpaired) electrons. The Bertz CT molecular complexity index is 774. The predicted octanol–water partition coefficient (Wildman–Crippen LogP) is 3.38. The third kappa shape index (κ3) is 5.37. The number of para-hydroxylation sites is 1. The van der Waals surface area contributed by atoms with Gasteiger partial charge in [-0.2, -0.15) is 0 Å². The maximum Gasteiger partial charge on any atom is 0.193 e. The summed E-state index contributed by atoms with van der Waals surface area (Å²) in [5.74, 6) is 0.853. The lowest BCUT2D eigenvalue weighted by Gasteiger charge is -2.31. The molecule has 0 aromatic heterocycles. The van der Waals surface area contributed by atoms with Crippen LogP contribution in [0.2, 0.25) is 5.02 Å². The molecule has 0 aliphatic carbocycles. The number of ether oxygens (including phenoxy) is 1. The molecule has 1 saturated heterocycles. The first-order chi connectivity index (χ1) is 13.2. The quantitative estimate of drug-likeness (QED) is 0.631. The molecule has 1 N–H and O–H groups in total. The molecule has 27 heavy (non-hydrogen) atoms. The second kappa shape index (κ2) is 9.62. The van der Waals surface area contributed by atoms with E-state index in [-0.39, 0.29) is 0 Å². The average molecular weight is 387 g/mol. The monoisotopic (exact) mass is 386 g/mol. The second-order valence-corrected chi connectivity index (χ2v) is 7.05. The highest BCUT2D eigenvalue weighted by Crippen LogP contribution is 2.21. The van der Waals surface area contributed by atoms with Gasteiger partial charge in [0.25, 0.3) is 0 Å². The molecule has 1 fully saturated rings. The Morgan fingerprint density at radius 2 is 1.96 bits per heavy atom. The van der Waals surface area contributed by atoms with Crippen molar-refractivity contribution < 1.29 is 4.74 Å². The van der Waals surface area contributed by atoms with Crippen LogP contribution < -0.4 is 10.2 Å². The highest BCUT2D eigenvalue weighted by molar-refractivity contribution is 6.30. The summed E-state index contributed by atoms with van der Waals surface area (Å²) in [6.07, 6.45) is 0. The van der Waals surface area contributed by atoms with Crippen molar-refractivity contribution in [3.05, 3.63) is 64.7 Å². The summed E-state index contributed by atoms with van der Waals surface area (Å²) >= 11 is 6.10. The summed E-state index contributed by atoms with van der Waals surface area (Å²) in [6, 6.07) is 16.4. The molecule has 0 bridgehead atoms. The van der Waals surface area contributed by atoms with E-state index in [0.717, 1.165) is 55.9 Å². The Balaban J connectivity index is 1.64. The van der Waals surface area contributed by atoms with E-state index in [1.165, 1.54) is 11.3 Å². The Labute approximate surface area is 166 Å². The number of hydrogen-bond donors (Lipinski definition) is 1. The number of morpholine rings is 1. The number of anilines is 1. The Morgan fingerprint density at radius 3 is 2.70 bits per heavy atom. The molecule has 2 aromatic rings. The van der Waals surface area contributed by atoms with Crippen molar-refractivity contribution >= 4 is 23.2 Å². The minimum Gasteiger partial charge on any atom is -0.378 e. The minimum absolute atomic E-state index is 0.722. The third-order valence-corrected chi connectivity index (χ3v) is 4.90. The highest BCUT2D eigenvalue weighted by atomic mass is 35.5. The number of aliphatic imine (C=N–C) groups is 1. The van der Waals surface area contributed by atoms with Crippen molar-refractivity contribution in [1.82, 2.24) is 10.2 Å². The molecule has 5 nitrogen and oxygen atoms in total. The van der Waals surface area contributed by atoms with Crippen LogP contribution in [0.15, 0.2) is 53.5 Å². The van der Waals surface area contributed by atoms with Gasteiger partial charge in [-0.15, -0.1) is 0 Å². The first-order valence-electron chi connectivity index (χ1n) is 9.24. The van der Waals surface area contributed by atoms with Crippen LogP contribution in [0.5, 0.6) is 0 Å². The van der Waals surface area contributed by atoms with Gasteiger partial charge in [0.15, 0.2) is 5.96 Å². The number of nitrogens with one attached hydrogen (secondary N) is 1. The summed E-state index contributed by atoms with van der Waals surface area (Å²) in [4.78, 5) is 8.92. The SMILES string of the molecule is CN=C(NCc1ccccc1N1CCOCC1)N(C)Cc1cccc(Cl)c1. The van der Waals surface area contributed by atoms with E-state index in [4.69, 9.17) is 16.3 Å². The van der Waals surface area contributed by atoms with Crippen LogP contribution in [-0.2, 0) is 17.8 Å². The first kappa shape index (κ1) is 19.5. The molecule has 2 aromatic carbocycles. The van der Waals surface area contributed by atoms with E-state index in [1.807, 2.05) is 32.3 Å². The lowest BCUT2D eigenvalue weighted by Crippen LogP contribution is -2.39. The Hall–Kier alpha value is -2.24. The molecule has 6 heteroatoms. The van der Waals surface area contributed by atoms with Gasteiger partial charge in [-0.3, -0.25) is 4.99 Å². The van der Waals surface area contributed by atoms with Gasteiger partial charge in [0.1, 0.15) is 0 Å². The molecule has 1 aliphatic heterocycles. The molecule has 0 saturated carbocycles. The topological polar surface area (TPSA) is 40.1 Å². The maximum absolute atomic E-state index is 6.10. The number of rotatable bonds is 5. The van der Waals surface area contributed by atoms with Crippen LogP contribution in [0.1, 0.15) is 11.1 Å². The van der Waals surface area contributed by atoms with Crippen LogP contribution in [0.3, 0.4) is 0 Å². The van der Waals surface area contributed by atoms with Crippen molar-refractivity contribution in [3.63, 3.8) is 0 Å². The first-order valence-corrected chi connectivity index (χ1v) is 9.62. The molecular formula is C21H27ClN4O. The van der Waals surface area contributed by atoms with Gasteiger partial charge in [-0.05, 0) is 29.3 Å². The predicted molar refractivity (Wildman–Crippen MR) is 113 cm³/mol. The molecule has 0 amide bonds. The van der Waals surface area contributed by atoms with Crippen LogP contribution in [-0.4, -0.2) is 51.3 Å². The van der Waals surface area contributed by atoms with Gasteiger partial charge < -0.3 is 19.9 Å². The highest BCUT2D eigenvalue weighted by Gasteiger charge is 2.15. The summed E-state index contributed by atoms with van der Waals surface area (Å²) in [5, 5.41) is 4.24. The second-order valence-electron chi connectivity index (χ2n) is 6.61. The normalized spacial score (nSPS) is 14.9. The fourth-order valence-corrected chi connectivity index (χ4v) is 3.53. The number of benzene rings is 2. The Kier molecular flexibility index (Phi) is 6.96. The van der Waals surface area contributed by atoms with Crippen molar-refractivity contribution in [3.8, 4) is 0 Å². The van der Waals surface area contributed by atoms with Gasteiger partial charge in [0, 0.05) is 51.0 Å². The van der Waals surface area contributed by atoms with Gasteiger partial charge in [-0.1, -0.05) is 41.9 Å². The maximum atomic E-state index is 6.10. The molecule has 1 heterocycles. The molecular weight excluding hydrogens is 360 g/mol. The van der Waals surface area contributed by atoms with E-state index in [0.29, 0.717) is 0 Å². The molecule has 0 spiro atoms. The van der Waals surface area contributed by atoms with Crippen LogP contribution >= 0.6 is 11.6 Å². The summed E-state index contributed by atoms with van der Waals surface area (Å²) in [7, 11) is 3.84. The van der Waals surface area contributed by atoms with E-state index >= 15 is 0 Å². The average Bonchev–Trinajstić information content (AvgIpc) is 2.69. The lowest BCUT2D eigenvalue weighted by molar-refractivity contribution is 0.122. The van der Waals surface area contributed by atoms with Gasteiger partial charge in [0.2, 0.25) is 0 Å². The fraction of sp³-hybridized carbons (Fsp3) is 0.381. The van der Waals surface area contributed by atoms with Crippen LogP contribution in [0.25, 0.3) is 0 Å². The van der Waals surface area contributed by atoms with Crippen molar-refractivity contribution in [2.24, 2.45) is 4.99 Å². The van der Waals surface area contributed by atoms with Gasteiger partial charge in [0.05, 0.1) is 13.2 Å². The number of hydrogen-bond acceptors (Lipinski definition) is 3. The summed E-state index contributed by atoms with van der Waals surface area (Å²) in [5.41, 5.74) is 3.68.